The van der Waals surface area contributed by atoms with Gasteiger partial charge in [0.25, 0.3) is 5.91 Å². The number of carbonyl (C=O) groups is 1. The molecule has 2 rings (SSSR count). The lowest BCUT2D eigenvalue weighted by Crippen LogP contribution is -2.16. The summed E-state index contributed by atoms with van der Waals surface area (Å²) in [6.45, 7) is 4.04. The second-order valence-electron chi connectivity index (χ2n) is 4.89. The fourth-order valence-electron chi connectivity index (χ4n) is 1.81. The molecule has 0 radical (unpaired) electrons. The highest BCUT2D eigenvalue weighted by atomic mass is 16.5. The van der Waals surface area contributed by atoms with Gasteiger partial charge in [-0.15, -0.1) is 0 Å². The van der Waals surface area contributed by atoms with Crippen molar-refractivity contribution in [2.75, 3.05) is 17.7 Å². The van der Waals surface area contributed by atoms with Gasteiger partial charge in [0.2, 0.25) is 0 Å². The first-order valence-electron chi connectivity index (χ1n) is 6.77. The highest BCUT2D eigenvalue weighted by molar-refractivity contribution is 6.03. The number of nitrogens with zero attached hydrogens (tertiary/aromatic N) is 1. The van der Waals surface area contributed by atoms with Crippen molar-refractivity contribution in [2.45, 2.75) is 19.9 Å². The van der Waals surface area contributed by atoms with E-state index in [0.717, 1.165) is 5.75 Å². The summed E-state index contributed by atoms with van der Waals surface area (Å²) in [6.07, 6.45) is 0. The van der Waals surface area contributed by atoms with Crippen LogP contribution in [0.1, 0.15) is 24.3 Å². The number of benzene rings is 1. The Bertz CT molecular complexity index is 609. The molecule has 0 aliphatic rings. The Balaban J connectivity index is 2.08. The molecule has 21 heavy (non-hydrogen) atoms. The van der Waals surface area contributed by atoms with Gasteiger partial charge in [0.1, 0.15) is 17.3 Å². The number of carbonyl (C=O) groups excluding carboxylic acids is 1. The highest BCUT2D eigenvalue weighted by Gasteiger charge is 2.09. The molecule has 0 aliphatic carbocycles. The van der Waals surface area contributed by atoms with E-state index in [0.29, 0.717) is 17.2 Å². The van der Waals surface area contributed by atoms with E-state index >= 15 is 0 Å². The molecule has 0 aliphatic heterocycles. The van der Waals surface area contributed by atoms with Crippen LogP contribution in [-0.4, -0.2) is 24.0 Å². The van der Waals surface area contributed by atoms with E-state index in [2.05, 4.69) is 15.6 Å². The molecular formula is C16H19N3O2. The topological polar surface area (TPSA) is 63.2 Å². The first kappa shape index (κ1) is 14.8. The van der Waals surface area contributed by atoms with Crippen LogP contribution in [0.4, 0.5) is 11.5 Å². The molecule has 0 saturated heterocycles. The minimum absolute atomic E-state index is 0.243. The number of nitrogens with one attached hydrogen (secondary N) is 2. The van der Waals surface area contributed by atoms with Crippen molar-refractivity contribution >= 4 is 17.4 Å². The van der Waals surface area contributed by atoms with E-state index < -0.39 is 0 Å². The second-order valence-corrected chi connectivity index (χ2v) is 4.89. The van der Waals surface area contributed by atoms with Gasteiger partial charge in [-0.3, -0.25) is 4.79 Å². The predicted octanol–water partition coefficient (Wildman–Crippen LogP) is 3.16. The number of methoxy groups -OCH3 is 1. The van der Waals surface area contributed by atoms with Crippen molar-refractivity contribution in [3.05, 3.63) is 48.2 Å². The summed E-state index contributed by atoms with van der Waals surface area (Å²) >= 11 is 0. The van der Waals surface area contributed by atoms with Crippen molar-refractivity contribution < 1.29 is 9.53 Å². The summed E-state index contributed by atoms with van der Waals surface area (Å²) in [6, 6.07) is 12.7. The van der Waals surface area contributed by atoms with Gasteiger partial charge in [0, 0.05) is 11.7 Å². The predicted molar refractivity (Wildman–Crippen MR) is 83.9 cm³/mol. The first-order valence-corrected chi connectivity index (χ1v) is 6.77. The van der Waals surface area contributed by atoms with E-state index in [1.54, 1.807) is 43.5 Å². The average molecular weight is 285 g/mol. The number of ether oxygens (including phenoxy) is 1. The zero-order valence-corrected chi connectivity index (χ0v) is 12.4. The van der Waals surface area contributed by atoms with E-state index in [1.165, 1.54) is 0 Å². The second kappa shape index (κ2) is 6.74. The standard InChI is InChI=1S/C16H19N3O2/c1-11(2)17-15-6-4-5-14(19-15)16(20)18-12-7-9-13(21-3)10-8-12/h4-11H,1-3H3,(H,17,19)(H,18,20). The maximum absolute atomic E-state index is 12.2. The molecule has 1 aromatic heterocycles. The molecule has 5 nitrogen and oxygen atoms in total. The molecule has 1 heterocycles. The third-order valence-corrected chi connectivity index (χ3v) is 2.77. The monoisotopic (exact) mass is 285 g/mol. The van der Waals surface area contributed by atoms with E-state index in [4.69, 9.17) is 4.74 Å². The van der Waals surface area contributed by atoms with Gasteiger partial charge < -0.3 is 15.4 Å². The molecule has 5 heteroatoms. The number of hydrogen-bond donors (Lipinski definition) is 2. The fourth-order valence-corrected chi connectivity index (χ4v) is 1.81. The molecule has 2 aromatic rings. The summed E-state index contributed by atoms with van der Waals surface area (Å²) in [5.74, 6) is 1.19. The van der Waals surface area contributed by atoms with Crippen LogP contribution in [-0.2, 0) is 0 Å². The molecule has 0 fully saturated rings. The van der Waals surface area contributed by atoms with Gasteiger partial charge in [-0.1, -0.05) is 6.07 Å². The molecule has 0 unspecified atom stereocenters. The smallest absolute Gasteiger partial charge is 0.274 e. The maximum Gasteiger partial charge on any atom is 0.274 e. The number of anilines is 2. The molecule has 1 aromatic carbocycles. The molecule has 0 bridgehead atoms. The molecule has 0 atom stereocenters. The van der Waals surface area contributed by atoms with Crippen molar-refractivity contribution in [1.82, 2.24) is 4.98 Å². The van der Waals surface area contributed by atoms with E-state index in [9.17, 15) is 4.79 Å². The largest absolute Gasteiger partial charge is 0.497 e. The minimum atomic E-state index is -0.243. The zero-order chi connectivity index (χ0) is 15.2. The SMILES string of the molecule is COc1ccc(NC(=O)c2cccc(NC(C)C)n2)cc1. The zero-order valence-electron chi connectivity index (χ0n) is 12.4. The Morgan fingerprint density at radius 2 is 1.86 bits per heavy atom. The lowest BCUT2D eigenvalue weighted by Gasteiger charge is -2.10. The van der Waals surface area contributed by atoms with Gasteiger partial charge in [-0.2, -0.15) is 0 Å². The summed E-state index contributed by atoms with van der Waals surface area (Å²) in [7, 11) is 1.60. The molecule has 0 saturated carbocycles. The average Bonchev–Trinajstić information content (AvgIpc) is 2.47. The van der Waals surface area contributed by atoms with Gasteiger partial charge in [0.05, 0.1) is 7.11 Å². The fraction of sp³-hybridized carbons (Fsp3) is 0.250. The van der Waals surface area contributed by atoms with Crippen molar-refractivity contribution in [3.63, 3.8) is 0 Å². The molecule has 2 N–H and O–H groups in total. The van der Waals surface area contributed by atoms with Gasteiger partial charge in [0.15, 0.2) is 0 Å². The highest BCUT2D eigenvalue weighted by Crippen LogP contribution is 2.16. The van der Waals surface area contributed by atoms with Gasteiger partial charge >= 0.3 is 0 Å². The third kappa shape index (κ3) is 4.21. The van der Waals surface area contributed by atoms with Crippen molar-refractivity contribution in [2.24, 2.45) is 0 Å². The van der Waals surface area contributed by atoms with Crippen LogP contribution in [0.15, 0.2) is 42.5 Å². The third-order valence-electron chi connectivity index (χ3n) is 2.77. The number of amides is 1. The minimum Gasteiger partial charge on any atom is -0.497 e. The van der Waals surface area contributed by atoms with E-state index in [1.807, 2.05) is 19.9 Å². The number of pyridine rings is 1. The molecule has 1 amide bonds. The Morgan fingerprint density at radius 3 is 2.48 bits per heavy atom. The normalized spacial score (nSPS) is 10.3. The molecule has 110 valence electrons. The Hall–Kier alpha value is -2.56. The van der Waals surface area contributed by atoms with Crippen LogP contribution in [0.3, 0.4) is 0 Å². The summed E-state index contributed by atoms with van der Waals surface area (Å²) in [4.78, 5) is 16.5. The molecule has 0 spiro atoms. The summed E-state index contributed by atoms with van der Waals surface area (Å²) in [5.41, 5.74) is 1.07. The Labute approximate surface area is 124 Å². The Kier molecular flexibility index (Phi) is 4.77. The number of hydrogen-bond acceptors (Lipinski definition) is 4. The van der Waals surface area contributed by atoms with Crippen LogP contribution in [0, 0.1) is 0 Å². The van der Waals surface area contributed by atoms with Crippen LogP contribution in [0.2, 0.25) is 0 Å². The van der Waals surface area contributed by atoms with E-state index in [-0.39, 0.29) is 11.9 Å². The lowest BCUT2D eigenvalue weighted by atomic mass is 10.2. The lowest BCUT2D eigenvalue weighted by molar-refractivity contribution is 0.102. The summed E-state index contributed by atoms with van der Waals surface area (Å²) in [5, 5.41) is 5.98. The maximum atomic E-state index is 12.2. The van der Waals surface area contributed by atoms with Crippen LogP contribution in [0.5, 0.6) is 5.75 Å². The van der Waals surface area contributed by atoms with Gasteiger partial charge in [-0.05, 0) is 50.2 Å². The van der Waals surface area contributed by atoms with Crippen LogP contribution >= 0.6 is 0 Å². The quantitative estimate of drug-likeness (QED) is 0.885. The first-order chi connectivity index (χ1) is 10.1. The van der Waals surface area contributed by atoms with Gasteiger partial charge in [-0.25, -0.2) is 4.98 Å². The number of rotatable bonds is 5. The molecular weight excluding hydrogens is 266 g/mol. The van der Waals surface area contributed by atoms with Crippen LogP contribution < -0.4 is 15.4 Å². The van der Waals surface area contributed by atoms with Crippen LogP contribution in [0.25, 0.3) is 0 Å². The number of aromatic nitrogens is 1. The van der Waals surface area contributed by atoms with Crippen molar-refractivity contribution in [1.29, 1.82) is 0 Å². The Morgan fingerprint density at radius 1 is 1.14 bits per heavy atom. The summed E-state index contributed by atoms with van der Waals surface area (Å²) < 4.78 is 5.08. The van der Waals surface area contributed by atoms with Crippen molar-refractivity contribution in [3.8, 4) is 5.75 Å².